The fourth-order valence-corrected chi connectivity index (χ4v) is 3.17. The molecule has 0 aliphatic carbocycles. The van der Waals surface area contributed by atoms with Crippen LogP contribution in [0.25, 0.3) is 0 Å². The molecule has 1 aromatic carbocycles. The maximum Gasteiger partial charge on any atom is 0.274 e. The van der Waals surface area contributed by atoms with Gasteiger partial charge in [0.1, 0.15) is 5.75 Å². The summed E-state index contributed by atoms with van der Waals surface area (Å²) >= 11 is 0. The SMILES string of the molecule is COc1cccc(C(=O)N2CCC(CCNS(N)(=O)=O)CC2)c1. The number of carbonyl (C=O) groups is 1. The second kappa shape index (κ2) is 7.76. The van der Waals surface area contributed by atoms with Gasteiger partial charge >= 0.3 is 0 Å². The van der Waals surface area contributed by atoms with Crippen molar-refractivity contribution in [1.82, 2.24) is 9.62 Å². The molecule has 23 heavy (non-hydrogen) atoms. The molecule has 1 fully saturated rings. The van der Waals surface area contributed by atoms with Crippen molar-refractivity contribution < 1.29 is 17.9 Å². The fraction of sp³-hybridized carbons (Fsp3) is 0.533. The first-order chi connectivity index (χ1) is 10.9. The second-order valence-corrected chi connectivity index (χ2v) is 7.07. The molecule has 0 unspecified atom stereocenters. The van der Waals surface area contributed by atoms with Crippen molar-refractivity contribution in [3.63, 3.8) is 0 Å². The number of hydrogen-bond acceptors (Lipinski definition) is 4. The monoisotopic (exact) mass is 341 g/mol. The zero-order valence-corrected chi connectivity index (χ0v) is 14.0. The number of benzene rings is 1. The number of nitrogens with one attached hydrogen (secondary N) is 1. The summed E-state index contributed by atoms with van der Waals surface area (Å²) in [5.74, 6) is 1.07. The van der Waals surface area contributed by atoms with E-state index in [-0.39, 0.29) is 5.91 Å². The summed E-state index contributed by atoms with van der Waals surface area (Å²) < 4.78 is 29.1. The average Bonchev–Trinajstić information content (AvgIpc) is 2.54. The lowest BCUT2D eigenvalue weighted by molar-refractivity contribution is 0.0687. The van der Waals surface area contributed by atoms with E-state index >= 15 is 0 Å². The third-order valence-electron chi connectivity index (χ3n) is 4.07. The van der Waals surface area contributed by atoms with Crippen molar-refractivity contribution in [2.75, 3.05) is 26.7 Å². The standard InChI is InChI=1S/C15H23N3O4S/c1-22-14-4-2-3-13(11-14)15(19)18-9-6-12(7-10-18)5-8-17-23(16,20)21/h2-4,11-12,17H,5-10H2,1H3,(H2,16,20,21). The first-order valence-corrected chi connectivity index (χ1v) is 9.14. The van der Waals surface area contributed by atoms with Gasteiger partial charge in [0.15, 0.2) is 0 Å². The van der Waals surface area contributed by atoms with Crippen LogP contribution >= 0.6 is 0 Å². The zero-order valence-electron chi connectivity index (χ0n) is 13.2. The summed E-state index contributed by atoms with van der Waals surface area (Å²) in [6, 6.07) is 7.14. The molecule has 1 saturated heterocycles. The van der Waals surface area contributed by atoms with E-state index in [1.807, 2.05) is 11.0 Å². The van der Waals surface area contributed by atoms with Gasteiger partial charge in [-0.1, -0.05) is 6.07 Å². The fourth-order valence-electron chi connectivity index (χ4n) is 2.77. The Morgan fingerprint density at radius 2 is 2.09 bits per heavy atom. The van der Waals surface area contributed by atoms with Crippen LogP contribution in [0.5, 0.6) is 5.75 Å². The quantitative estimate of drug-likeness (QED) is 0.796. The number of likely N-dealkylation sites (tertiary alicyclic amines) is 1. The van der Waals surface area contributed by atoms with Gasteiger partial charge < -0.3 is 9.64 Å². The van der Waals surface area contributed by atoms with E-state index in [9.17, 15) is 13.2 Å². The molecule has 0 bridgehead atoms. The number of nitrogens with zero attached hydrogens (tertiary/aromatic N) is 1. The largest absolute Gasteiger partial charge is 0.497 e. The number of ether oxygens (including phenoxy) is 1. The van der Waals surface area contributed by atoms with Crippen LogP contribution in [0.2, 0.25) is 0 Å². The zero-order chi connectivity index (χ0) is 16.9. The summed E-state index contributed by atoms with van der Waals surface area (Å²) in [7, 11) is -2.04. The molecule has 1 aliphatic rings. The summed E-state index contributed by atoms with van der Waals surface area (Å²) in [6.07, 6.45) is 2.46. The van der Waals surface area contributed by atoms with Crippen LogP contribution in [0.4, 0.5) is 0 Å². The third-order valence-corrected chi connectivity index (χ3v) is 4.68. The molecule has 7 nitrogen and oxygen atoms in total. The molecular formula is C15H23N3O4S. The Morgan fingerprint density at radius 1 is 1.39 bits per heavy atom. The summed E-state index contributed by atoms with van der Waals surface area (Å²) in [5, 5.41) is 4.90. The maximum absolute atomic E-state index is 12.5. The van der Waals surface area contributed by atoms with Crippen LogP contribution < -0.4 is 14.6 Å². The molecule has 0 radical (unpaired) electrons. The molecule has 1 heterocycles. The molecule has 128 valence electrons. The number of carbonyl (C=O) groups excluding carboxylic acids is 1. The Hall–Kier alpha value is -1.64. The van der Waals surface area contributed by atoms with Gasteiger partial charge in [-0.15, -0.1) is 0 Å². The number of amides is 1. The van der Waals surface area contributed by atoms with E-state index in [2.05, 4.69) is 4.72 Å². The van der Waals surface area contributed by atoms with E-state index in [1.54, 1.807) is 25.3 Å². The summed E-state index contributed by atoms with van der Waals surface area (Å²) in [6.45, 7) is 1.69. The predicted octanol–water partition coefficient (Wildman–Crippen LogP) is 0.731. The molecule has 8 heteroatoms. The van der Waals surface area contributed by atoms with Gasteiger partial charge in [0.2, 0.25) is 0 Å². The van der Waals surface area contributed by atoms with Crippen LogP contribution in [0.3, 0.4) is 0 Å². The van der Waals surface area contributed by atoms with Gasteiger partial charge in [0, 0.05) is 25.2 Å². The highest BCUT2D eigenvalue weighted by Gasteiger charge is 2.23. The van der Waals surface area contributed by atoms with Gasteiger partial charge in [0.25, 0.3) is 16.1 Å². The molecular weight excluding hydrogens is 318 g/mol. The van der Waals surface area contributed by atoms with Crippen molar-refractivity contribution in [1.29, 1.82) is 0 Å². The van der Waals surface area contributed by atoms with Gasteiger partial charge in [0.05, 0.1) is 7.11 Å². The normalized spacial score (nSPS) is 16.3. The van der Waals surface area contributed by atoms with Gasteiger partial charge in [-0.25, -0.2) is 9.86 Å². The van der Waals surface area contributed by atoms with E-state index in [4.69, 9.17) is 9.88 Å². The smallest absolute Gasteiger partial charge is 0.274 e. The molecule has 0 atom stereocenters. The molecule has 1 aliphatic heterocycles. The van der Waals surface area contributed by atoms with E-state index in [0.717, 1.165) is 19.3 Å². The minimum Gasteiger partial charge on any atom is -0.497 e. The van der Waals surface area contributed by atoms with E-state index in [0.29, 0.717) is 36.9 Å². The van der Waals surface area contributed by atoms with Crippen molar-refractivity contribution in [2.45, 2.75) is 19.3 Å². The highest BCUT2D eigenvalue weighted by atomic mass is 32.2. The van der Waals surface area contributed by atoms with Crippen LogP contribution in [0.15, 0.2) is 24.3 Å². The lowest BCUT2D eigenvalue weighted by atomic mass is 9.93. The predicted molar refractivity (Wildman–Crippen MR) is 87.3 cm³/mol. The van der Waals surface area contributed by atoms with Crippen LogP contribution in [-0.2, 0) is 10.2 Å². The van der Waals surface area contributed by atoms with Gasteiger partial charge in [-0.2, -0.15) is 8.42 Å². The Kier molecular flexibility index (Phi) is 5.97. The number of rotatable bonds is 6. The lowest BCUT2D eigenvalue weighted by Gasteiger charge is -2.32. The molecule has 3 N–H and O–H groups in total. The lowest BCUT2D eigenvalue weighted by Crippen LogP contribution is -2.39. The van der Waals surface area contributed by atoms with Crippen LogP contribution in [0, 0.1) is 5.92 Å². The van der Waals surface area contributed by atoms with Crippen molar-refractivity contribution >= 4 is 16.1 Å². The first kappa shape index (κ1) is 17.7. The topological polar surface area (TPSA) is 102 Å². The Bertz CT molecular complexity index is 640. The van der Waals surface area contributed by atoms with Crippen molar-refractivity contribution in [2.24, 2.45) is 11.1 Å². The summed E-state index contributed by atoms with van der Waals surface area (Å²) in [5.41, 5.74) is 0.624. The van der Waals surface area contributed by atoms with E-state index < -0.39 is 10.2 Å². The Balaban J connectivity index is 1.82. The molecule has 0 aromatic heterocycles. The minimum absolute atomic E-state index is 0.00464. The third kappa shape index (κ3) is 5.49. The maximum atomic E-state index is 12.5. The second-order valence-electron chi connectivity index (χ2n) is 5.70. The van der Waals surface area contributed by atoms with Crippen molar-refractivity contribution in [3.05, 3.63) is 29.8 Å². The highest BCUT2D eigenvalue weighted by molar-refractivity contribution is 7.87. The van der Waals surface area contributed by atoms with Crippen LogP contribution in [-0.4, -0.2) is 46.0 Å². The number of methoxy groups -OCH3 is 1. The van der Waals surface area contributed by atoms with E-state index in [1.165, 1.54) is 0 Å². The minimum atomic E-state index is -3.62. The average molecular weight is 341 g/mol. The molecule has 1 amide bonds. The Labute approximate surface area is 137 Å². The molecule has 1 aromatic rings. The summed E-state index contributed by atoms with van der Waals surface area (Å²) in [4.78, 5) is 14.3. The molecule has 0 spiro atoms. The molecule has 2 rings (SSSR count). The molecule has 0 saturated carbocycles. The van der Waals surface area contributed by atoms with Crippen LogP contribution in [0.1, 0.15) is 29.6 Å². The highest BCUT2D eigenvalue weighted by Crippen LogP contribution is 2.22. The number of hydrogen-bond donors (Lipinski definition) is 2. The number of piperidine rings is 1. The first-order valence-electron chi connectivity index (χ1n) is 7.60. The van der Waals surface area contributed by atoms with Crippen molar-refractivity contribution in [3.8, 4) is 5.75 Å². The van der Waals surface area contributed by atoms with Gasteiger partial charge in [-0.05, 0) is 43.4 Å². The Morgan fingerprint density at radius 3 is 2.70 bits per heavy atom. The number of nitrogens with two attached hydrogens (primary N) is 1. The van der Waals surface area contributed by atoms with Gasteiger partial charge in [-0.3, -0.25) is 4.79 Å².